The molecule has 0 amide bonds. The maximum atomic E-state index is 5.99. The van der Waals surface area contributed by atoms with Crippen molar-refractivity contribution in [2.45, 2.75) is 6.92 Å². The van der Waals surface area contributed by atoms with Crippen LogP contribution in [0.4, 0.5) is 0 Å². The van der Waals surface area contributed by atoms with E-state index in [-0.39, 0.29) is 0 Å². The largest absolute Gasteiger partial charge is 0.255 e. The molecule has 0 unspecified atom stereocenters. The number of pyridine rings is 1. The molecule has 2 rings (SSSR count). The number of rotatable bonds is 0. The first-order valence-corrected chi connectivity index (χ1v) is 5.34. The summed E-state index contributed by atoms with van der Waals surface area (Å²) in [5.41, 5.74) is 2.04. The molecule has 1 nitrogen and oxygen atoms in total. The molecule has 3 heteroatoms. The van der Waals surface area contributed by atoms with Gasteiger partial charge in [-0.15, -0.1) is 0 Å². The summed E-state index contributed by atoms with van der Waals surface area (Å²) < 4.78 is 1.15. The second-order valence-corrected chi connectivity index (χ2v) is 4.55. The fourth-order valence-corrected chi connectivity index (χ4v) is 1.92. The summed E-state index contributed by atoms with van der Waals surface area (Å²) in [7, 11) is 0. The zero-order valence-electron chi connectivity index (χ0n) is 7.01. The molecule has 0 saturated heterocycles. The average molecular weight is 304 g/mol. The van der Waals surface area contributed by atoms with Crippen molar-refractivity contribution in [3.8, 4) is 0 Å². The van der Waals surface area contributed by atoms with E-state index < -0.39 is 0 Å². The Hall–Kier alpha value is -0.350. The van der Waals surface area contributed by atoms with Crippen molar-refractivity contribution in [2.24, 2.45) is 0 Å². The summed E-state index contributed by atoms with van der Waals surface area (Å²) in [6, 6.07) is 6.02. The third kappa shape index (κ3) is 1.65. The predicted molar refractivity (Wildman–Crippen MR) is 64.2 cm³/mol. The normalized spacial score (nSPS) is 10.7. The maximum absolute atomic E-state index is 5.99. The molecule has 1 aromatic heterocycles. The number of nitrogens with zero attached hydrogens (tertiary/aromatic N) is 1. The summed E-state index contributed by atoms with van der Waals surface area (Å²) in [6.45, 7) is 1.99. The molecule has 0 fully saturated rings. The Morgan fingerprint density at radius 1 is 1.38 bits per heavy atom. The van der Waals surface area contributed by atoms with E-state index in [1.807, 2.05) is 25.3 Å². The molecule has 13 heavy (non-hydrogen) atoms. The van der Waals surface area contributed by atoms with E-state index in [9.17, 15) is 0 Å². The van der Waals surface area contributed by atoms with Crippen LogP contribution < -0.4 is 0 Å². The Bertz CT molecular complexity index is 468. The van der Waals surface area contributed by atoms with Crippen molar-refractivity contribution >= 4 is 45.1 Å². The molecule has 1 aromatic carbocycles. The summed E-state index contributed by atoms with van der Waals surface area (Å²) in [4.78, 5) is 4.35. The number of hydrogen-bond donors (Lipinski definition) is 0. The lowest BCUT2D eigenvalue weighted by Crippen LogP contribution is -1.85. The Morgan fingerprint density at radius 3 is 2.92 bits per heavy atom. The van der Waals surface area contributed by atoms with Crippen molar-refractivity contribution in [1.82, 2.24) is 4.98 Å². The fraction of sp³-hybridized carbons (Fsp3) is 0.100. The van der Waals surface area contributed by atoms with Crippen LogP contribution in [-0.4, -0.2) is 4.98 Å². The number of fused-ring (bicyclic) bond motifs is 1. The second kappa shape index (κ2) is 3.42. The minimum Gasteiger partial charge on any atom is -0.255 e. The Kier molecular flexibility index (Phi) is 2.43. The lowest BCUT2D eigenvalue weighted by Gasteiger charge is -2.02. The molecule has 0 saturated carbocycles. The van der Waals surface area contributed by atoms with Gasteiger partial charge in [-0.2, -0.15) is 0 Å². The molecule has 0 radical (unpaired) electrons. The maximum Gasteiger partial charge on any atom is 0.0746 e. The van der Waals surface area contributed by atoms with Gasteiger partial charge in [0, 0.05) is 20.2 Å². The van der Waals surface area contributed by atoms with Gasteiger partial charge in [-0.05, 0) is 47.2 Å². The molecular weight excluding hydrogens is 296 g/mol. The lowest BCUT2D eigenvalue weighted by molar-refractivity contribution is 1.35. The van der Waals surface area contributed by atoms with E-state index in [1.54, 1.807) is 0 Å². The predicted octanol–water partition coefficient (Wildman–Crippen LogP) is 3.80. The van der Waals surface area contributed by atoms with Crippen LogP contribution in [0.5, 0.6) is 0 Å². The standard InChI is InChI=1S/C10H7ClIN/c1-6-9(11)3-2-7-4-8(12)5-13-10(6)7/h2-5H,1H3. The van der Waals surface area contributed by atoms with Gasteiger partial charge in [0.05, 0.1) is 5.52 Å². The Morgan fingerprint density at radius 2 is 2.15 bits per heavy atom. The summed E-state index contributed by atoms with van der Waals surface area (Å²) in [5, 5.41) is 1.93. The number of aromatic nitrogens is 1. The first kappa shape index (κ1) is 9.21. The minimum absolute atomic E-state index is 0.779. The molecule has 0 bridgehead atoms. The van der Waals surface area contributed by atoms with Crippen molar-refractivity contribution in [3.63, 3.8) is 0 Å². The van der Waals surface area contributed by atoms with Crippen LogP contribution in [-0.2, 0) is 0 Å². The molecule has 0 aliphatic heterocycles. The van der Waals surface area contributed by atoms with Gasteiger partial charge < -0.3 is 0 Å². The molecule has 66 valence electrons. The van der Waals surface area contributed by atoms with Crippen molar-refractivity contribution in [3.05, 3.63) is 38.6 Å². The quantitative estimate of drug-likeness (QED) is 0.675. The monoisotopic (exact) mass is 303 g/mol. The van der Waals surface area contributed by atoms with Crippen LogP contribution >= 0.6 is 34.2 Å². The van der Waals surface area contributed by atoms with Crippen LogP contribution in [0.2, 0.25) is 5.02 Å². The number of hydrogen-bond acceptors (Lipinski definition) is 1. The molecule has 1 heterocycles. The molecule has 0 spiro atoms. The number of benzene rings is 1. The third-order valence-corrected chi connectivity index (χ3v) is 3.01. The van der Waals surface area contributed by atoms with E-state index in [0.717, 1.165) is 25.1 Å². The smallest absolute Gasteiger partial charge is 0.0746 e. The highest BCUT2D eigenvalue weighted by atomic mass is 127. The molecule has 2 aromatic rings. The summed E-state index contributed by atoms with van der Waals surface area (Å²) >= 11 is 8.24. The fourth-order valence-electron chi connectivity index (χ4n) is 1.30. The summed E-state index contributed by atoms with van der Waals surface area (Å²) in [6.07, 6.45) is 1.85. The lowest BCUT2D eigenvalue weighted by atomic mass is 10.1. The van der Waals surface area contributed by atoms with E-state index >= 15 is 0 Å². The Balaban J connectivity index is 2.87. The topological polar surface area (TPSA) is 12.9 Å². The zero-order chi connectivity index (χ0) is 9.42. The van der Waals surface area contributed by atoms with Crippen molar-refractivity contribution < 1.29 is 0 Å². The second-order valence-electron chi connectivity index (χ2n) is 2.90. The van der Waals surface area contributed by atoms with Gasteiger partial charge >= 0.3 is 0 Å². The van der Waals surface area contributed by atoms with E-state index in [0.29, 0.717) is 0 Å². The zero-order valence-corrected chi connectivity index (χ0v) is 9.93. The minimum atomic E-state index is 0.779. The Labute approximate surface area is 95.3 Å². The highest BCUT2D eigenvalue weighted by molar-refractivity contribution is 14.1. The van der Waals surface area contributed by atoms with Crippen LogP contribution in [0, 0.1) is 10.5 Å². The number of halogens is 2. The van der Waals surface area contributed by atoms with Gasteiger partial charge in [0.15, 0.2) is 0 Å². The average Bonchev–Trinajstić information content (AvgIpc) is 2.12. The highest BCUT2D eigenvalue weighted by Crippen LogP contribution is 2.24. The third-order valence-electron chi connectivity index (χ3n) is 2.01. The van der Waals surface area contributed by atoms with E-state index in [1.165, 1.54) is 0 Å². The molecule has 0 aliphatic carbocycles. The number of aryl methyl sites for hydroxylation is 1. The molecular formula is C10H7ClIN. The molecule has 0 N–H and O–H groups in total. The van der Waals surface area contributed by atoms with E-state index in [2.05, 4.69) is 33.6 Å². The van der Waals surface area contributed by atoms with Gasteiger partial charge in [-0.1, -0.05) is 17.7 Å². The van der Waals surface area contributed by atoms with Gasteiger partial charge in [-0.3, -0.25) is 4.98 Å². The van der Waals surface area contributed by atoms with Crippen LogP contribution in [0.25, 0.3) is 10.9 Å². The first-order valence-electron chi connectivity index (χ1n) is 3.89. The molecule has 0 aliphatic rings. The van der Waals surface area contributed by atoms with Gasteiger partial charge in [0.2, 0.25) is 0 Å². The van der Waals surface area contributed by atoms with Gasteiger partial charge in [0.1, 0.15) is 0 Å². The van der Waals surface area contributed by atoms with Crippen molar-refractivity contribution in [1.29, 1.82) is 0 Å². The van der Waals surface area contributed by atoms with E-state index in [4.69, 9.17) is 11.6 Å². The first-order chi connectivity index (χ1) is 6.18. The van der Waals surface area contributed by atoms with Gasteiger partial charge in [0.25, 0.3) is 0 Å². The molecule has 0 atom stereocenters. The SMILES string of the molecule is Cc1c(Cl)ccc2cc(I)cnc12. The van der Waals surface area contributed by atoms with Gasteiger partial charge in [-0.25, -0.2) is 0 Å². The van der Waals surface area contributed by atoms with Crippen molar-refractivity contribution in [2.75, 3.05) is 0 Å². The summed E-state index contributed by atoms with van der Waals surface area (Å²) in [5.74, 6) is 0. The highest BCUT2D eigenvalue weighted by Gasteiger charge is 2.02. The van der Waals surface area contributed by atoms with Crippen LogP contribution in [0.1, 0.15) is 5.56 Å². The van der Waals surface area contributed by atoms with Crippen LogP contribution in [0.15, 0.2) is 24.4 Å². The van der Waals surface area contributed by atoms with Crippen LogP contribution in [0.3, 0.4) is 0 Å².